The van der Waals surface area contributed by atoms with Crippen LogP contribution in [0.3, 0.4) is 0 Å². The van der Waals surface area contributed by atoms with Gasteiger partial charge in [-0.1, -0.05) is 0 Å². The molecule has 5 heteroatoms. The van der Waals surface area contributed by atoms with Crippen molar-refractivity contribution in [1.82, 2.24) is 0 Å². The first-order chi connectivity index (χ1) is 6.06. The number of ether oxygens (including phenoxy) is 1. The highest BCUT2D eigenvalue weighted by Gasteiger charge is 2.14. The van der Waals surface area contributed by atoms with Crippen LogP contribution in [0.5, 0.6) is 5.75 Å². The Morgan fingerprint density at radius 1 is 1.62 bits per heavy atom. The topological polar surface area (TPSA) is 46.5 Å². The van der Waals surface area contributed by atoms with Crippen LogP contribution in [0.1, 0.15) is 10.4 Å². The van der Waals surface area contributed by atoms with Gasteiger partial charge in [-0.3, -0.25) is 0 Å². The van der Waals surface area contributed by atoms with Crippen molar-refractivity contribution in [3.05, 3.63) is 25.7 Å². The molecule has 0 aromatic heterocycles. The summed E-state index contributed by atoms with van der Waals surface area (Å²) >= 11 is 5.18. The third-order valence-corrected chi connectivity index (χ3v) is 2.66. The number of hydrogen-bond donors (Lipinski definition) is 1. The van der Waals surface area contributed by atoms with E-state index >= 15 is 0 Å². The molecule has 0 saturated heterocycles. The Kier molecular flexibility index (Phi) is 3.55. The average Bonchev–Trinajstić information content (AvgIpc) is 2.10. The zero-order valence-corrected chi connectivity index (χ0v) is 10.4. The summed E-state index contributed by atoms with van der Waals surface area (Å²) in [6.45, 7) is 0. The number of rotatable bonds is 1. The number of phenols is 1. The molecule has 0 amide bonds. The highest BCUT2D eigenvalue weighted by Crippen LogP contribution is 2.30. The number of esters is 1. The number of benzene rings is 1. The first-order valence-electron chi connectivity index (χ1n) is 3.32. The molecule has 70 valence electrons. The lowest BCUT2D eigenvalue weighted by Crippen LogP contribution is -2.02. The Balaban J connectivity index is 3.28. The standard InChI is InChI=1S/C8H6BrIO3/c1-13-8(12)5-2-4(10)3-6(9)7(5)11/h2-3,11H,1H3. The summed E-state index contributed by atoms with van der Waals surface area (Å²) in [4.78, 5) is 11.1. The number of halogens is 2. The maximum Gasteiger partial charge on any atom is 0.341 e. The molecule has 1 N–H and O–H groups in total. The van der Waals surface area contributed by atoms with Crippen LogP contribution in [0.15, 0.2) is 16.6 Å². The number of hydrogen-bond acceptors (Lipinski definition) is 3. The van der Waals surface area contributed by atoms with Crippen molar-refractivity contribution in [2.45, 2.75) is 0 Å². The van der Waals surface area contributed by atoms with Gasteiger partial charge in [0.15, 0.2) is 0 Å². The molecule has 0 bridgehead atoms. The van der Waals surface area contributed by atoms with Crippen molar-refractivity contribution in [1.29, 1.82) is 0 Å². The molecule has 0 unspecified atom stereocenters. The number of aromatic hydroxyl groups is 1. The first-order valence-corrected chi connectivity index (χ1v) is 5.19. The lowest BCUT2D eigenvalue weighted by molar-refractivity contribution is 0.0597. The van der Waals surface area contributed by atoms with E-state index in [0.717, 1.165) is 3.57 Å². The van der Waals surface area contributed by atoms with Crippen LogP contribution < -0.4 is 0 Å². The Labute approximate surface area is 97.4 Å². The predicted molar refractivity (Wildman–Crippen MR) is 59.9 cm³/mol. The van der Waals surface area contributed by atoms with E-state index in [2.05, 4.69) is 20.7 Å². The molecule has 3 nitrogen and oxygen atoms in total. The molecule has 1 aromatic carbocycles. The van der Waals surface area contributed by atoms with E-state index in [0.29, 0.717) is 4.47 Å². The van der Waals surface area contributed by atoms with Gasteiger partial charge in [0, 0.05) is 3.57 Å². The highest BCUT2D eigenvalue weighted by molar-refractivity contribution is 14.1. The van der Waals surface area contributed by atoms with E-state index in [1.807, 2.05) is 22.6 Å². The number of phenolic OH excluding ortho intramolecular Hbond substituents is 1. The highest BCUT2D eigenvalue weighted by atomic mass is 127. The van der Waals surface area contributed by atoms with E-state index in [1.54, 1.807) is 12.1 Å². The second-order valence-corrected chi connectivity index (χ2v) is 4.38. The number of carbonyl (C=O) groups excluding carboxylic acids is 1. The molecule has 0 saturated carbocycles. The second kappa shape index (κ2) is 4.28. The zero-order valence-electron chi connectivity index (χ0n) is 6.67. The molecule has 0 aliphatic rings. The summed E-state index contributed by atoms with van der Waals surface area (Å²) in [5.41, 5.74) is 0.168. The predicted octanol–water partition coefficient (Wildman–Crippen LogP) is 2.55. The minimum atomic E-state index is -0.545. The van der Waals surface area contributed by atoms with Gasteiger partial charge in [-0.2, -0.15) is 0 Å². The Morgan fingerprint density at radius 3 is 2.77 bits per heavy atom. The van der Waals surface area contributed by atoms with Gasteiger partial charge in [0.2, 0.25) is 0 Å². The first kappa shape index (κ1) is 10.8. The molecule has 0 radical (unpaired) electrons. The smallest absolute Gasteiger partial charge is 0.341 e. The van der Waals surface area contributed by atoms with Gasteiger partial charge >= 0.3 is 5.97 Å². The Morgan fingerprint density at radius 2 is 2.23 bits per heavy atom. The van der Waals surface area contributed by atoms with Crippen LogP contribution in [0.25, 0.3) is 0 Å². The van der Waals surface area contributed by atoms with Crippen molar-refractivity contribution in [2.75, 3.05) is 7.11 Å². The molecule has 0 aliphatic heterocycles. The number of methoxy groups -OCH3 is 1. The minimum Gasteiger partial charge on any atom is -0.506 e. The lowest BCUT2D eigenvalue weighted by Gasteiger charge is -2.04. The van der Waals surface area contributed by atoms with Crippen LogP contribution in [-0.4, -0.2) is 18.2 Å². The summed E-state index contributed by atoms with van der Waals surface area (Å²) in [6.07, 6.45) is 0. The molecule has 0 fully saturated rings. The van der Waals surface area contributed by atoms with Crippen molar-refractivity contribution in [2.24, 2.45) is 0 Å². The molecule has 13 heavy (non-hydrogen) atoms. The fourth-order valence-corrected chi connectivity index (χ4v) is 2.34. The van der Waals surface area contributed by atoms with Crippen molar-refractivity contribution in [3.8, 4) is 5.75 Å². The van der Waals surface area contributed by atoms with Gasteiger partial charge in [0.05, 0.1) is 11.6 Å². The molecular formula is C8H6BrIO3. The average molecular weight is 357 g/mol. The fourth-order valence-electron chi connectivity index (χ4n) is 0.832. The van der Waals surface area contributed by atoms with E-state index < -0.39 is 5.97 Å². The molecule has 0 aliphatic carbocycles. The Bertz CT molecular complexity index is 351. The number of carbonyl (C=O) groups is 1. The summed E-state index contributed by atoms with van der Waals surface area (Å²) in [6, 6.07) is 3.27. The van der Waals surface area contributed by atoms with Gasteiger partial charge in [0.25, 0.3) is 0 Å². The van der Waals surface area contributed by atoms with Crippen LogP contribution in [0, 0.1) is 3.57 Å². The van der Waals surface area contributed by atoms with E-state index in [9.17, 15) is 9.90 Å². The van der Waals surface area contributed by atoms with Crippen LogP contribution in [0.4, 0.5) is 0 Å². The van der Waals surface area contributed by atoms with Gasteiger partial charge in [-0.15, -0.1) is 0 Å². The van der Waals surface area contributed by atoms with Crippen molar-refractivity contribution >= 4 is 44.5 Å². The largest absolute Gasteiger partial charge is 0.506 e. The minimum absolute atomic E-state index is 0.0905. The summed E-state index contributed by atoms with van der Waals surface area (Å²) in [5.74, 6) is -0.635. The van der Waals surface area contributed by atoms with E-state index in [1.165, 1.54) is 7.11 Å². The third-order valence-electron chi connectivity index (χ3n) is 1.43. The molecule has 1 aromatic rings. The van der Waals surface area contributed by atoms with E-state index in [-0.39, 0.29) is 11.3 Å². The monoisotopic (exact) mass is 356 g/mol. The van der Waals surface area contributed by atoms with Crippen molar-refractivity contribution in [3.63, 3.8) is 0 Å². The Hall–Kier alpha value is -0.300. The quantitative estimate of drug-likeness (QED) is 0.621. The SMILES string of the molecule is COC(=O)c1cc(I)cc(Br)c1O. The molecule has 0 heterocycles. The summed E-state index contributed by atoms with van der Waals surface area (Å²) in [7, 11) is 1.27. The van der Waals surface area contributed by atoms with Gasteiger partial charge in [-0.05, 0) is 50.7 Å². The normalized spacial score (nSPS) is 9.77. The molecule has 0 atom stereocenters. The van der Waals surface area contributed by atoms with E-state index in [4.69, 9.17) is 0 Å². The van der Waals surface area contributed by atoms with Gasteiger partial charge in [0.1, 0.15) is 11.3 Å². The lowest BCUT2D eigenvalue weighted by atomic mass is 10.2. The molecule has 1 rings (SSSR count). The second-order valence-electron chi connectivity index (χ2n) is 2.28. The fraction of sp³-hybridized carbons (Fsp3) is 0.125. The van der Waals surface area contributed by atoms with Crippen LogP contribution >= 0.6 is 38.5 Å². The summed E-state index contributed by atoms with van der Waals surface area (Å²) in [5, 5.41) is 9.47. The van der Waals surface area contributed by atoms with Crippen LogP contribution in [0.2, 0.25) is 0 Å². The van der Waals surface area contributed by atoms with Crippen molar-refractivity contribution < 1.29 is 14.6 Å². The maximum atomic E-state index is 11.1. The molecular weight excluding hydrogens is 351 g/mol. The maximum absolute atomic E-state index is 11.1. The summed E-state index contributed by atoms with van der Waals surface area (Å²) < 4.78 is 5.84. The van der Waals surface area contributed by atoms with Crippen LogP contribution in [-0.2, 0) is 4.74 Å². The van der Waals surface area contributed by atoms with Gasteiger partial charge < -0.3 is 9.84 Å². The van der Waals surface area contributed by atoms with Gasteiger partial charge in [-0.25, -0.2) is 4.79 Å². The molecule has 0 spiro atoms. The zero-order chi connectivity index (χ0) is 10.0. The third kappa shape index (κ3) is 2.34.